The molecule has 2 rings (SSSR count). The lowest BCUT2D eigenvalue weighted by Crippen LogP contribution is -2.36. The van der Waals surface area contributed by atoms with Gasteiger partial charge in [0.15, 0.2) is 0 Å². The average Bonchev–Trinajstić information content (AvgIpc) is 2.95. The number of aromatic nitrogens is 2. The van der Waals surface area contributed by atoms with E-state index in [-0.39, 0.29) is 11.7 Å². The van der Waals surface area contributed by atoms with E-state index in [0.717, 1.165) is 11.4 Å². The summed E-state index contributed by atoms with van der Waals surface area (Å²) in [6.07, 6.45) is 1.58. The molecule has 1 aromatic carbocycles. The summed E-state index contributed by atoms with van der Waals surface area (Å²) in [5, 5.41) is 0. The highest BCUT2D eigenvalue weighted by Gasteiger charge is 2.19. The normalized spacial score (nSPS) is 11.2. The van der Waals surface area contributed by atoms with Gasteiger partial charge in [0.25, 0.3) is 5.91 Å². The zero-order chi connectivity index (χ0) is 18.4. The van der Waals surface area contributed by atoms with Gasteiger partial charge in [-0.1, -0.05) is 6.07 Å². The van der Waals surface area contributed by atoms with E-state index in [4.69, 9.17) is 0 Å². The molecule has 0 bridgehead atoms. The zero-order valence-electron chi connectivity index (χ0n) is 14.5. The van der Waals surface area contributed by atoms with Crippen LogP contribution >= 0.6 is 0 Å². The highest BCUT2D eigenvalue weighted by Crippen LogP contribution is 2.18. The Morgan fingerprint density at radius 3 is 2.68 bits per heavy atom. The van der Waals surface area contributed by atoms with Crippen LogP contribution in [0.15, 0.2) is 30.6 Å². The number of hydrogen-bond donors (Lipinski definition) is 1. The summed E-state index contributed by atoms with van der Waals surface area (Å²) in [7, 11) is 3.83. The topological polar surface area (TPSA) is 61.5 Å². The fourth-order valence-corrected chi connectivity index (χ4v) is 2.29. The van der Waals surface area contributed by atoms with Crippen molar-refractivity contribution in [3.05, 3.63) is 47.5 Å². The Labute approximate surface area is 145 Å². The van der Waals surface area contributed by atoms with E-state index in [0.29, 0.717) is 25.2 Å². The number of ether oxygens (including phenoxy) is 1. The zero-order valence-corrected chi connectivity index (χ0v) is 14.5. The minimum absolute atomic E-state index is 0.0376. The van der Waals surface area contributed by atoms with Gasteiger partial charge in [0.05, 0.1) is 18.6 Å². The molecule has 1 heterocycles. The maximum atomic E-state index is 12.9. The van der Waals surface area contributed by atoms with Gasteiger partial charge >= 0.3 is 6.61 Å². The van der Waals surface area contributed by atoms with Crippen molar-refractivity contribution >= 4 is 5.91 Å². The molecular weight excluding hydrogens is 330 g/mol. The van der Waals surface area contributed by atoms with Crippen molar-refractivity contribution in [3.63, 3.8) is 0 Å². The number of aromatic amines is 1. The van der Waals surface area contributed by atoms with Crippen molar-refractivity contribution in [2.45, 2.75) is 20.1 Å². The molecule has 1 amide bonds. The fourth-order valence-electron chi connectivity index (χ4n) is 2.29. The first-order valence-electron chi connectivity index (χ1n) is 7.84. The lowest BCUT2D eigenvalue weighted by atomic mass is 10.1. The summed E-state index contributed by atoms with van der Waals surface area (Å²) in [5.74, 6) is -0.298. The number of carbonyl (C=O) groups is 1. The van der Waals surface area contributed by atoms with Crippen LogP contribution < -0.4 is 4.74 Å². The second kappa shape index (κ2) is 8.57. The summed E-state index contributed by atoms with van der Waals surface area (Å²) in [6.45, 7) is 0.443. The smallest absolute Gasteiger partial charge is 0.387 e. The number of alkyl halides is 2. The Kier molecular flexibility index (Phi) is 6.46. The third-order valence-corrected chi connectivity index (χ3v) is 3.69. The second-order valence-electron chi connectivity index (χ2n) is 5.91. The Morgan fingerprint density at radius 2 is 2.08 bits per heavy atom. The number of amides is 1. The van der Waals surface area contributed by atoms with Gasteiger partial charge in [0, 0.05) is 24.3 Å². The number of aryl methyl sites for hydroxylation is 1. The van der Waals surface area contributed by atoms with E-state index >= 15 is 0 Å². The first kappa shape index (κ1) is 18.9. The molecule has 8 heteroatoms. The molecule has 136 valence electrons. The van der Waals surface area contributed by atoms with Crippen LogP contribution in [0.1, 0.15) is 21.7 Å². The van der Waals surface area contributed by atoms with Crippen LogP contribution in [0.4, 0.5) is 8.78 Å². The van der Waals surface area contributed by atoms with E-state index in [2.05, 4.69) is 14.7 Å². The third kappa shape index (κ3) is 5.53. The Hall–Kier alpha value is -2.48. The minimum atomic E-state index is -2.93. The quantitative estimate of drug-likeness (QED) is 0.793. The first-order valence-corrected chi connectivity index (χ1v) is 7.84. The van der Waals surface area contributed by atoms with Crippen molar-refractivity contribution in [1.29, 1.82) is 0 Å². The van der Waals surface area contributed by atoms with Gasteiger partial charge in [-0.15, -0.1) is 0 Å². The first-order chi connectivity index (χ1) is 11.9. The van der Waals surface area contributed by atoms with E-state index in [1.165, 1.54) is 18.2 Å². The molecule has 0 fully saturated rings. The lowest BCUT2D eigenvalue weighted by Gasteiger charge is -2.24. The van der Waals surface area contributed by atoms with Crippen molar-refractivity contribution in [3.8, 4) is 5.75 Å². The summed E-state index contributed by atoms with van der Waals surface area (Å²) < 4.78 is 29.1. The Bertz CT molecular complexity index is 703. The molecule has 0 saturated heterocycles. The van der Waals surface area contributed by atoms with Crippen LogP contribution in [0, 0.1) is 6.92 Å². The van der Waals surface area contributed by atoms with Crippen LogP contribution in [0.5, 0.6) is 5.75 Å². The highest BCUT2D eigenvalue weighted by molar-refractivity contribution is 5.94. The van der Waals surface area contributed by atoms with Gasteiger partial charge in [-0.05, 0) is 39.2 Å². The van der Waals surface area contributed by atoms with Crippen molar-refractivity contribution in [1.82, 2.24) is 19.8 Å². The van der Waals surface area contributed by atoms with E-state index < -0.39 is 6.61 Å². The Balaban J connectivity index is 2.20. The van der Waals surface area contributed by atoms with E-state index in [9.17, 15) is 13.6 Å². The second-order valence-corrected chi connectivity index (χ2v) is 5.91. The van der Waals surface area contributed by atoms with Gasteiger partial charge in [-0.25, -0.2) is 4.98 Å². The molecule has 2 aromatic rings. The largest absolute Gasteiger partial charge is 0.435 e. The van der Waals surface area contributed by atoms with Crippen LogP contribution in [-0.4, -0.2) is 59.5 Å². The van der Waals surface area contributed by atoms with Crippen LogP contribution in [0.3, 0.4) is 0 Å². The van der Waals surface area contributed by atoms with Gasteiger partial charge in [-0.3, -0.25) is 4.79 Å². The molecule has 0 radical (unpaired) electrons. The number of nitrogens with one attached hydrogen (secondary N) is 1. The summed E-state index contributed by atoms with van der Waals surface area (Å²) in [4.78, 5) is 23.7. The molecule has 0 saturated carbocycles. The van der Waals surface area contributed by atoms with Gasteiger partial charge < -0.3 is 19.5 Å². The third-order valence-electron chi connectivity index (χ3n) is 3.69. The molecule has 0 atom stereocenters. The molecular formula is C17H22F2N4O2. The van der Waals surface area contributed by atoms with Crippen LogP contribution in [0.25, 0.3) is 0 Å². The molecule has 1 N–H and O–H groups in total. The van der Waals surface area contributed by atoms with Crippen LogP contribution in [-0.2, 0) is 6.54 Å². The fraction of sp³-hybridized carbons (Fsp3) is 0.412. The maximum Gasteiger partial charge on any atom is 0.387 e. The van der Waals surface area contributed by atoms with Gasteiger partial charge in [0.1, 0.15) is 5.75 Å². The Morgan fingerprint density at radius 1 is 1.32 bits per heavy atom. The highest BCUT2D eigenvalue weighted by atomic mass is 19.3. The monoisotopic (exact) mass is 352 g/mol. The van der Waals surface area contributed by atoms with Gasteiger partial charge in [0.2, 0.25) is 0 Å². The van der Waals surface area contributed by atoms with Crippen molar-refractivity contribution in [2.75, 3.05) is 27.2 Å². The predicted octanol–water partition coefficient (Wildman–Crippen LogP) is 2.52. The number of likely N-dealkylation sites (N-methyl/N-ethyl adjacent to an activating group) is 1. The molecule has 0 spiro atoms. The van der Waals surface area contributed by atoms with Crippen molar-refractivity contribution in [2.24, 2.45) is 0 Å². The van der Waals surface area contributed by atoms with Crippen LogP contribution in [0.2, 0.25) is 0 Å². The molecule has 25 heavy (non-hydrogen) atoms. The number of hydrogen-bond acceptors (Lipinski definition) is 4. The standard InChI is InChI=1S/C17H22F2N4O2/c1-12-15(21-11-20-12)10-23(8-7-22(2)3)16(24)13-5-4-6-14(9-13)25-17(18)19/h4-6,9,11,17H,7-8,10H2,1-3H3,(H,20,21). The lowest BCUT2D eigenvalue weighted by molar-refractivity contribution is -0.0499. The number of carbonyl (C=O) groups excluding carboxylic acids is 1. The molecule has 0 aliphatic heterocycles. The number of nitrogens with zero attached hydrogens (tertiary/aromatic N) is 3. The van der Waals surface area contributed by atoms with E-state index in [1.54, 1.807) is 17.3 Å². The SMILES string of the molecule is Cc1[nH]cnc1CN(CCN(C)C)C(=O)c1cccc(OC(F)F)c1. The van der Waals surface area contributed by atoms with Gasteiger partial charge in [-0.2, -0.15) is 8.78 Å². The van der Waals surface area contributed by atoms with E-state index in [1.807, 2.05) is 25.9 Å². The molecule has 0 aliphatic carbocycles. The van der Waals surface area contributed by atoms with Crippen molar-refractivity contribution < 1.29 is 18.3 Å². The molecule has 0 unspecified atom stereocenters. The number of imidazole rings is 1. The number of benzene rings is 1. The summed E-state index contributed by atoms with van der Waals surface area (Å²) in [6, 6.07) is 5.83. The number of halogens is 2. The molecule has 6 nitrogen and oxygen atoms in total. The number of H-pyrrole nitrogens is 1. The summed E-state index contributed by atoms with van der Waals surface area (Å²) in [5.41, 5.74) is 1.95. The molecule has 1 aromatic heterocycles. The number of rotatable bonds is 8. The molecule has 0 aliphatic rings. The minimum Gasteiger partial charge on any atom is -0.435 e. The maximum absolute atomic E-state index is 12.9. The average molecular weight is 352 g/mol. The summed E-state index contributed by atoms with van der Waals surface area (Å²) >= 11 is 0. The predicted molar refractivity (Wildman–Crippen MR) is 89.7 cm³/mol.